The van der Waals surface area contributed by atoms with Crippen LogP contribution in [0.3, 0.4) is 0 Å². The fraction of sp³-hybridized carbons (Fsp3) is 0.545. The van der Waals surface area contributed by atoms with Gasteiger partial charge in [0.25, 0.3) is 0 Å². The molecule has 0 aliphatic carbocycles. The molecule has 1 N–H and O–H groups in total. The van der Waals surface area contributed by atoms with Gasteiger partial charge in [-0.05, 0) is 38.4 Å². The summed E-state index contributed by atoms with van der Waals surface area (Å²) in [7, 11) is 0.917. The van der Waals surface area contributed by atoms with E-state index in [0.29, 0.717) is 6.10 Å². The highest BCUT2D eigenvalue weighted by atomic mass is 31.1. The fourth-order valence-corrected chi connectivity index (χ4v) is 1.61. The maximum absolute atomic E-state index is 9.42. The summed E-state index contributed by atoms with van der Waals surface area (Å²) >= 11 is 0. The van der Waals surface area contributed by atoms with Crippen LogP contribution < -0.4 is 10.1 Å². The maximum atomic E-state index is 9.42. The van der Waals surface area contributed by atoms with E-state index in [1.807, 2.05) is 25.3 Å². The zero-order chi connectivity index (χ0) is 11.8. The monoisotopic (exact) mass is 244 g/mol. The van der Waals surface area contributed by atoms with Crippen LogP contribution in [-0.4, -0.2) is 24.2 Å². The lowest BCUT2D eigenvalue weighted by Crippen LogP contribution is -2.34. The quantitative estimate of drug-likeness (QED) is 0.810. The van der Waals surface area contributed by atoms with Crippen LogP contribution in [0.15, 0.2) is 18.3 Å². The Balaban J connectivity index is 0.000000606. The normalized spacial score (nSPS) is 16.2. The minimum absolute atomic E-state index is 0.339. The second-order valence-electron chi connectivity index (χ2n) is 3.74. The molecule has 1 fully saturated rings. The Morgan fingerprint density at radius 3 is 2.62 bits per heavy atom. The molecule has 1 aromatic heterocycles. The first-order valence-corrected chi connectivity index (χ1v) is 5.80. The first kappa shape index (κ1) is 13.3. The molecule has 0 radical (unpaired) electrons. The second kappa shape index (κ2) is 7.53. The first-order valence-electron chi connectivity index (χ1n) is 5.36. The summed E-state index contributed by atoms with van der Waals surface area (Å²) in [5.74, 6) is 0.752. The summed E-state index contributed by atoms with van der Waals surface area (Å²) in [6, 6.07) is 3.97. The molecule has 1 aliphatic rings. The van der Waals surface area contributed by atoms with Gasteiger partial charge in [-0.3, -0.25) is 0 Å². The highest BCUT2D eigenvalue weighted by Crippen LogP contribution is 2.13. The summed E-state index contributed by atoms with van der Waals surface area (Å²) in [4.78, 5) is 4.23. The van der Waals surface area contributed by atoms with E-state index in [1.54, 1.807) is 0 Å². The lowest BCUT2D eigenvalue weighted by molar-refractivity contribution is 0.156. The minimum atomic E-state index is 0.339. The number of piperidine rings is 1. The van der Waals surface area contributed by atoms with E-state index < -0.39 is 0 Å². The number of aromatic nitrogens is 1. The molecule has 2 rings (SSSR count). The van der Waals surface area contributed by atoms with Crippen molar-refractivity contribution < 1.29 is 8.93 Å². The van der Waals surface area contributed by atoms with Gasteiger partial charge in [0, 0.05) is 12.3 Å². The van der Waals surface area contributed by atoms with Crippen LogP contribution in [0.4, 0.5) is 4.20 Å². The second-order valence-corrected chi connectivity index (χ2v) is 3.74. The molecule has 0 aromatic carbocycles. The zero-order valence-electron chi connectivity index (χ0n) is 9.45. The molecule has 90 valence electrons. The Morgan fingerprint density at radius 2 is 2.06 bits per heavy atom. The smallest absolute Gasteiger partial charge is 0.213 e. The van der Waals surface area contributed by atoms with Crippen LogP contribution in [0.5, 0.6) is 5.88 Å². The van der Waals surface area contributed by atoms with Crippen molar-refractivity contribution in [2.75, 3.05) is 13.1 Å². The van der Waals surface area contributed by atoms with Gasteiger partial charge in [-0.2, -0.15) is 0 Å². The summed E-state index contributed by atoms with van der Waals surface area (Å²) in [5, 5.41) is 3.31. The van der Waals surface area contributed by atoms with Crippen molar-refractivity contribution in [3.05, 3.63) is 23.9 Å². The fourth-order valence-electron chi connectivity index (χ4n) is 1.61. The SMILES string of the molecule is Cc1ccc(OC2CCNCC2)nc1.FP. The summed E-state index contributed by atoms with van der Waals surface area (Å²) in [5.41, 5.74) is 1.17. The van der Waals surface area contributed by atoms with E-state index in [-0.39, 0.29) is 0 Å². The van der Waals surface area contributed by atoms with Gasteiger partial charge in [-0.1, -0.05) is 6.07 Å². The number of nitrogens with one attached hydrogen (secondary N) is 1. The molecule has 0 spiro atoms. The van der Waals surface area contributed by atoms with Crippen LogP contribution in [0.25, 0.3) is 0 Å². The van der Waals surface area contributed by atoms with E-state index in [4.69, 9.17) is 4.74 Å². The van der Waals surface area contributed by atoms with Crippen molar-refractivity contribution in [1.29, 1.82) is 0 Å². The highest BCUT2D eigenvalue weighted by Gasteiger charge is 2.14. The average Bonchev–Trinajstić information content (AvgIpc) is 2.36. The third-order valence-electron chi connectivity index (χ3n) is 2.46. The number of halogens is 1. The molecular weight excluding hydrogens is 226 g/mol. The molecule has 1 aliphatic heterocycles. The Bertz CT molecular complexity index is 289. The van der Waals surface area contributed by atoms with E-state index in [1.165, 1.54) is 5.56 Å². The maximum Gasteiger partial charge on any atom is 0.213 e. The lowest BCUT2D eigenvalue weighted by atomic mass is 10.1. The predicted octanol–water partition coefficient (Wildman–Crippen LogP) is 2.27. The van der Waals surface area contributed by atoms with Gasteiger partial charge in [0.2, 0.25) is 5.88 Å². The van der Waals surface area contributed by atoms with Crippen molar-refractivity contribution in [1.82, 2.24) is 10.3 Å². The Hall–Kier alpha value is -0.730. The first-order chi connectivity index (χ1) is 7.84. The topological polar surface area (TPSA) is 34.1 Å². The van der Waals surface area contributed by atoms with Gasteiger partial charge in [-0.15, -0.1) is 0 Å². The van der Waals surface area contributed by atoms with E-state index >= 15 is 0 Å². The van der Waals surface area contributed by atoms with Crippen molar-refractivity contribution in [2.45, 2.75) is 25.9 Å². The number of nitrogens with zero attached hydrogens (tertiary/aromatic N) is 1. The lowest BCUT2D eigenvalue weighted by Gasteiger charge is -2.23. The third kappa shape index (κ3) is 4.42. The van der Waals surface area contributed by atoms with Crippen molar-refractivity contribution in [2.24, 2.45) is 0 Å². The molecule has 1 saturated heterocycles. The van der Waals surface area contributed by atoms with Gasteiger partial charge >= 0.3 is 0 Å². The number of aryl methyl sites for hydroxylation is 1. The van der Waals surface area contributed by atoms with Crippen LogP contribution >= 0.6 is 9.55 Å². The van der Waals surface area contributed by atoms with E-state index in [0.717, 1.165) is 41.4 Å². The van der Waals surface area contributed by atoms with Crippen LogP contribution in [0, 0.1) is 6.92 Å². The standard InChI is InChI=1S/C11H16N2O.FH2P/c1-9-2-3-11(13-8-9)14-10-4-6-12-7-5-10;1-2/h2-3,8,10,12H,4-7H2,1H3;2H2. The summed E-state index contributed by atoms with van der Waals surface area (Å²) in [6.45, 7) is 4.13. The molecule has 1 aromatic rings. The van der Waals surface area contributed by atoms with E-state index in [9.17, 15) is 4.20 Å². The molecule has 16 heavy (non-hydrogen) atoms. The molecule has 1 unspecified atom stereocenters. The van der Waals surface area contributed by atoms with Gasteiger partial charge < -0.3 is 10.1 Å². The van der Waals surface area contributed by atoms with E-state index in [2.05, 4.69) is 10.3 Å². The Kier molecular flexibility index (Phi) is 6.27. The highest BCUT2D eigenvalue weighted by molar-refractivity contribution is 7.09. The number of pyridine rings is 1. The minimum Gasteiger partial charge on any atom is -0.474 e. The van der Waals surface area contributed by atoms with Gasteiger partial charge in [0.1, 0.15) is 6.10 Å². The Morgan fingerprint density at radius 1 is 1.38 bits per heavy atom. The number of hydrogen-bond donors (Lipinski definition) is 1. The largest absolute Gasteiger partial charge is 0.474 e. The molecule has 0 saturated carbocycles. The summed E-state index contributed by atoms with van der Waals surface area (Å²) < 4.78 is 15.2. The van der Waals surface area contributed by atoms with Crippen molar-refractivity contribution in [3.63, 3.8) is 0 Å². The number of rotatable bonds is 2. The summed E-state index contributed by atoms with van der Waals surface area (Å²) in [6.07, 6.45) is 4.34. The number of ether oxygens (including phenoxy) is 1. The molecule has 3 nitrogen and oxygen atoms in total. The molecule has 0 bridgehead atoms. The van der Waals surface area contributed by atoms with Crippen molar-refractivity contribution in [3.8, 4) is 5.88 Å². The molecule has 5 heteroatoms. The van der Waals surface area contributed by atoms with Crippen LogP contribution in [0.1, 0.15) is 18.4 Å². The zero-order valence-corrected chi connectivity index (χ0v) is 10.6. The van der Waals surface area contributed by atoms with Gasteiger partial charge in [-0.25, -0.2) is 9.18 Å². The van der Waals surface area contributed by atoms with Gasteiger partial charge in [0.15, 0.2) is 0 Å². The molecular formula is C11H18FN2OP. The van der Waals surface area contributed by atoms with Crippen LogP contribution in [0.2, 0.25) is 0 Å². The average molecular weight is 244 g/mol. The number of hydrogen-bond acceptors (Lipinski definition) is 3. The van der Waals surface area contributed by atoms with Crippen LogP contribution in [-0.2, 0) is 0 Å². The van der Waals surface area contributed by atoms with Gasteiger partial charge in [0.05, 0.1) is 9.55 Å². The molecule has 2 heterocycles. The predicted molar refractivity (Wildman–Crippen MR) is 66.3 cm³/mol. The molecule has 1 atom stereocenters. The molecule has 0 amide bonds. The third-order valence-corrected chi connectivity index (χ3v) is 2.46. The van der Waals surface area contributed by atoms with Crippen molar-refractivity contribution >= 4 is 9.55 Å². The Labute approximate surface area is 98.1 Å².